The molecule has 0 aliphatic carbocycles. The van der Waals surface area contributed by atoms with Gasteiger partial charge in [-0.05, 0) is 53.9 Å². The van der Waals surface area contributed by atoms with Crippen LogP contribution in [0, 0.1) is 5.82 Å². The van der Waals surface area contributed by atoms with Crippen LogP contribution in [0.5, 0.6) is 5.75 Å². The van der Waals surface area contributed by atoms with Gasteiger partial charge >= 0.3 is 0 Å². The lowest BCUT2D eigenvalue weighted by atomic mass is 10.0. The van der Waals surface area contributed by atoms with Crippen LogP contribution in [0.4, 0.5) is 10.3 Å². The first-order valence-electron chi connectivity index (χ1n) is 9.63. The Morgan fingerprint density at radius 3 is 2.53 bits per heavy atom. The van der Waals surface area contributed by atoms with Gasteiger partial charge in [0.25, 0.3) is 0 Å². The zero-order valence-electron chi connectivity index (χ0n) is 16.5. The number of pyridine rings is 1. The van der Waals surface area contributed by atoms with Crippen LogP contribution < -0.4 is 10.1 Å². The van der Waals surface area contributed by atoms with Crippen molar-refractivity contribution in [2.45, 2.75) is 6.42 Å². The van der Waals surface area contributed by atoms with Gasteiger partial charge in [0, 0.05) is 36.3 Å². The Hall–Kier alpha value is -3.80. The molecule has 4 rings (SSSR count). The normalized spacial score (nSPS) is 10.6. The number of hydrogen-bond acceptors (Lipinski definition) is 5. The third-order valence-electron chi connectivity index (χ3n) is 4.73. The maximum Gasteiger partial charge on any atom is 0.223 e. The summed E-state index contributed by atoms with van der Waals surface area (Å²) in [5.74, 6) is 1.10. The maximum atomic E-state index is 13.4. The molecule has 0 aliphatic rings. The van der Waals surface area contributed by atoms with E-state index >= 15 is 0 Å². The Bertz CT molecular complexity index is 1120. The largest absolute Gasteiger partial charge is 0.497 e. The van der Waals surface area contributed by atoms with E-state index in [-0.39, 0.29) is 5.82 Å². The maximum absolute atomic E-state index is 13.4. The average molecular weight is 400 g/mol. The topological polar surface area (TPSA) is 59.9 Å². The number of anilines is 1. The van der Waals surface area contributed by atoms with E-state index in [0.717, 1.165) is 34.6 Å². The second-order valence-corrected chi connectivity index (χ2v) is 6.73. The van der Waals surface area contributed by atoms with E-state index in [2.05, 4.69) is 21.4 Å². The molecule has 0 saturated carbocycles. The lowest BCUT2D eigenvalue weighted by molar-refractivity contribution is 0.414. The Labute approximate surface area is 174 Å². The van der Waals surface area contributed by atoms with E-state index in [4.69, 9.17) is 9.72 Å². The summed E-state index contributed by atoms with van der Waals surface area (Å²) in [6, 6.07) is 18.1. The zero-order valence-corrected chi connectivity index (χ0v) is 16.5. The van der Waals surface area contributed by atoms with Crippen LogP contribution in [0.1, 0.15) is 5.56 Å². The number of ether oxygens (including phenoxy) is 1. The van der Waals surface area contributed by atoms with Gasteiger partial charge in [0.05, 0.1) is 12.8 Å². The van der Waals surface area contributed by atoms with Gasteiger partial charge in [-0.15, -0.1) is 0 Å². The lowest BCUT2D eigenvalue weighted by Gasteiger charge is -2.12. The second-order valence-electron chi connectivity index (χ2n) is 6.73. The van der Waals surface area contributed by atoms with Crippen molar-refractivity contribution in [1.29, 1.82) is 0 Å². The van der Waals surface area contributed by atoms with Gasteiger partial charge < -0.3 is 10.1 Å². The fourth-order valence-corrected chi connectivity index (χ4v) is 3.18. The molecule has 0 amide bonds. The van der Waals surface area contributed by atoms with E-state index in [0.29, 0.717) is 12.5 Å². The summed E-state index contributed by atoms with van der Waals surface area (Å²) in [5, 5.41) is 3.29. The summed E-state index contributed by atoms with van der Waals surface area (Å²) in [6.07, 6.45) is 6.03. The van der Waals surface area contributed by atoms with Crippen molar-refractivity contribution >= 4 is 5.95 Å². The smallest absolute Gasteiger partial charge is 0.223 e. The van der Waals surface area contributed by atoms with Gasteiger partial charge in [-0.3, -0.25) is 4.98 Å². The predicted molar refractivity (Wildman–Crippen MR) is 116 cm³/mol. The number of rotatable bonds is 7. The molecule has 2 aromatic carbocycles. The summed E-state index contributed by atoms with van der Waals surface area (Å²) in [4.78, 5) is 13.3. The number of nitrogens with one attached hydrogen (secondary N) is 1. The van der Waals surface area contributed by atoms with Crippen LogP contribution in [0.2, 0.25) is 0 Å². The third kappa shape index (κ3) is 4.60. The monoisotopic (exact) mass is 400 g/mol. The van der Waals surface area contributed by atoms with Crippen LogP contribution in [0.25, 0.3) is 22.4 Å². The molecule has 0 unspecified atom stereocenters. The first-order valence-corrected chi connectivity index (χ1v) is 9.63. The molecule has 6 heteroatoms. The highest BCUT2D eigenvalue weighted by Crippen LogP contribution is 2.30. The first kappa shape index (κ1) is 19.5. The SMILES string of the molecule is COc1cccc(CCNc2ncc(-c3ccc(F)cc3)c(-c3ccncc3)n2)c1. The Kier molecular flexibility index (Phi) is 5.94. The fraction of sp³-hybridized carbons (Fsp3) is 0.125. The molecular formula is C24H21FN4O. The highest BCUT2D eigenvalue weighted by atomic mass is 19.1. The van der Waals surface area contributed by atoms with Crippen LogP contribution in [0.15, 0.2) is 79.3 Å². The molecule has 0 aliphatic heterocycles. The Balaban J connectivity index is 1.58. The molecule has 150 valence electrons. The predicted octanol–water partition coefficient (Wildman–Crippen LogP) is 5.01. The van der Waals surface area contributed by atoms with Gasteiger partial charge in [-0.2, -0.15) is 0 Å². The van der Waals surface area contributed by atoms with Gasteiger partial charge in [0.1, 0.15) is 11.6 Å². The molecule has 4 aromatic rings. The molecule has 0 fully saturated rings. The van der Waals surface area contributed by atoms with Gasteiger partial charge in [0.2, 0.25) is 5.95 Å². The van der Waals surface area contributed by atoms with Crippen molar-refractivity contribution in [2.24, 2.45) is 0 Å². The highest BCUT2D eigenvalue weighted by Gasteiger charge is 2.12. The highest BCUT2D eigenvalue weighted by molar-refractivity contribution is 5.80. The van der Waals surface area contributed by atoms with Crippen LogP contribution in [-0.4, -0.2) is 28.6 Å². The number of aromatic nitrogens is 3. The quantitative estimate of drug-likeness (QED) is 0.473. The van der Waals surface area contributed by atoms with Gasteiger partial charge in [-0.1, -0.05) is 24.3 Å². The van der Waals surface area contributed by atoms with Crippen molar-refractivity contribution in [3.8, 4) is 28.1 Å². The number of nitrogens with zero attached hydrogens (tertiary/aromatic N) is 3. The minimum Gasteiger partial charge on any atom is -0.497 e. The molecule has 30 heavy (non-hydrogen) atoms. The van der Waals surface area contributed by atoms with Gasteiger partial charge in [-0.25, -0.2) is 14.4 Å². The summed E-state index contributed by atoms with van der Waals surface area (Å²) in [5.41, 5.74) is 4.54. The van der Waals surface area contributed by atoms with Gasteiger partial charge in [0.15, 0.2) is 0 Å². The molecule has 2 aromatic heterocycles. The molecule has 2 heterocycles. The summed E-state index contributed by atoms with van der Waals surface area (Å²) in [6.45, 7) is 0.679. The third-order valence-corrected chi connectivity index (χ3v) is 4.73. The van der Waals surface area contributed by atoms with E-state index in [1.54, 1.807) is 37.8 Å². The van der Waals surface area contributed by atoms with Crippen molar-refractivity contribution in [3.63, 3.8) is 0 Å². The zero-order chi connectivity index (χ0) is 20.8. The molecule has 0 bridgehead atoms. The Morgan fingerprint density at radius 1 is 0.967 bits per heavy atom. The number of hydrogen-bond donors (Lipinski definition) is 1. The lowest BCUT2D eigenvalue weighted by Crippen LogP contribution is -2.09. The van der Waals surface area contributed by atoms with Crippen molar-refractivity contribution in [1.82, 2.24) is 15.0 Å². The van der Waals surface area contributed by atoms with Crippen LogP contribution >= 0.6 is 0 Å². The minimum absolute atomic E-state index is 0.277. The first-order chi connectivity index (χ1) is 14.7. The Morgan fingerprint density at radius 2 is 1.77 bits per heavy atom. The molecule has 0 radical (unpaired) electrons. The van der Waals surface area contributed by atoms with Crippen molar-refractivity contribution in [2.75, 3.05) is 19.0 Å². The second kappa shape index (κ2) is 9.13. The standard InChI is InChI=1S/C24H21FN4O/c1-30-21-4-2-3-17(15-21)9-14-27-24-28-16-22(18-5-7-20(25)8-6-18)23(29-24)19-10-12-26-13-11-19/h2-8,10-13,15-16H,9,14H2,1H3,(H,27,28,29). The van der Waals surface area contributed by atoms with E-state index in [1.165, 1.54) is 17.7 Å². The number of benzene rings is 2. The number of halogens is 1. The molecule has 0 spiro atoms. The average Bonchev–Trinajstić information content (AvgIpc) is 2.80. The van der Waals surface area contributed by atoms with Crippen LogP contribution in [0.3, 0.4) is 0 Å². The molecule has 0 atom stereocenters. The fourth-order valence-electron chi connectivity index (χ4n) is 3.18. The van der Waals surface area contributed by atoms with Crippen molar-refractivity contribution in [3.05, 3.63) is 90.6 Å². The molecule has 5 nitrogen and oxygen atoms in total. The molecule has 1 N–H and O–H groups in total. The summed E-state index contributed by atoms with van der Waals surface area (Å²) >= 11 is 0. The van der Waals surface area contributed by atoms with E-state index in [1.807, 2.05) is 30.3 Å². The summed E-state index contributed by atoms with van der Waals surface area (Å²) < 4.78 is 18.6. The molecular weight excluding hydrogens is 379 g/mol. The van der Waals surface area contributed by atoms with Crippen molar-refractivity contribution < 1.29 is 9.13 Å². The minimum atomic E-state index is -0.277. The molecule has 0 saturated heterocycles. The van der Waals surface area contributed by atoms with Crippen LogP contribution in [-0.2, 0) is 6.42 Å². The summed E-state index contributed by atoms with van der Waals surface area (Å²) in [7, 11) is 1.66. The van der Waals surface area contributed by atoms with E-state index in [9.17, 15) is 4.39 Å². The van der Waals surface area contributed by atoms with E-state index < -0.39 is 0 Å². The number of methoxy groups -OCH3 is 1.